The first kappa shape index (κ1) is 12.7. The molecule has 2 aromatic rings. The van der Waals surface area contributed by atoms with Crippen LogP contribution in [0.1, 0.15) is 11.1 Å². The Labute approximate surface area is 111 Å². The van der Waals surface area contributed by atoms with E-state index in [9.17, 15) is 0 Å². The van der Waals surface area contributed by atoms with Gasteiger partial charge in [-0.15, -0.1) is 11.6 Å². The molecule has 0 amide bonds. The summed E-state index contributed by atoms with van der Waals surface area (Å²) in [6.07, 6.45) is 1.69. The van der Waals surface area contributed by atoms with Gasteiger partial charge in [-0.2, -0.15) is 0 Å². The number of ether oxygens (including phenoxy) is 2. The molecule has 0 aliphatic carbocycles. The molecule has 0 spiro atoms. The zero-order valence-electron chi connectivity index (χ0n) is 10.1. The Hall–Kier alpha value is -1.74. The van der Waals surface area contributed by atoms with Gasteiger partial charge in [0.25, 0.3) is 0 Å². The molecule has 0 saturated carbocycles. The molecule has 0 atom stereocenters. The van der Waals surface area contributed by atoms with Crippen LogP contribution in [0.5, 0.6) is 11.6 Å². The Morgan fingerprint density at radius 2 is 2.06 bits per heavy atom. The van der Waals surface area contributed by atoms with Crippen molar-refractivity contribution in [1.82, 2.24) is 4.98 Å². The van der Waals surface area contributed by atoms with E-state index in [2.05, 4.69) is 4.98 Å². The first-order valence-electron chi connectivity index (χ1n) is 5.58. The molecule has 94 valence electrons. The zero-order valence-corrected chi connectivity index (χ0v) is 10.9. The highest BCUT2D eigenvalue weighted by atomic mass is 35.5. The van der Waals surface area contributed by atoms with Gasteiger partial charge in [0, 0.05) is 18.1 Å². The van der Waals surface area contributed by atoms with Crippen LogP contribution in [-0.2, 0) is 12.5 Å². The second-order valence-electron chi connectivity index (χ2n) is 3.78. The summed E-state index contributed by atoms with van der Waals surface area (Å²) in [5.74, 6) is 1.85. The fraction of sp³-hybridized carbons (Fsp3) is 0.214. The van der Waals surface area contributed by atoms with Crippen LogP contribution in [0.2, 0.25) is 0 Å². The summed E-state index contributed by atoms with van der Waals surface area (Å²) in [5.41, 5.74) is 2.03. The number of hydrogen-bond donors (Lipinski definition) is 0. The Balaban J connectivity index is 2.01. The largest absolute Gasteiger partial charge is 0.497 e. The molecular weight excluding hydrogens is 250 g/mol. The van der Waals surface area contributed by atoms with E-state index in [1.54, 1.807) is 13.3 Å². The number of hydrogen-bond acceptors (Lipinski definition) is 3. The predicted octanol–water partition coefficient (Wildman–Crippen LogP) is 3.41. The van der Waals surface area contributed by atoms with Crippen LogP contribution >= 0.6 is 11.6 Å². The van der Waals surface area contributed by atoms with Crippen molar-refractivity contribution in [3.63, 3.8) is 0 Å². The summed E-state index contributed by atoms with van der Waals surface area (Å²) in [6, 6.07) is 11.5. The second-order valence-corrected chi connectivity index (χ2v) is 4.04. The Kier molecular flexibility index (Phi) is 4.42. The van der Waals surface area contributed by atoms with Gasteiger partial charge in [0.1, 0.15) is 12.4 Å². The molecule has 0 unspecified atom stereocenters. The van der Waals surface area contributed by atoms with Crippen molar-refractivity contribution in [1.29, 1.82) is 0 Å². The monoisotopic (exact) mass is 263 g/mol. The Bertz CT molecular complexity index is 469. The van der Waals surface area contributed by atoms with Gasteiger partial charge < -0.3 is 9.47 Å². The van der Waals surface area contributed by atoms with Gasteiger partial charge in [-0.1, -0.05) is 12.1 Å². The van der Waals surface area contributed by atoms with E-state index in [1.807, 2.05) is 36.4 Å². The maximum atomic E-state index is 5.76. The molecule has 1 aromatic heterocycles. The molecule has 18 heavy (non-hydrogen) atoms. The first-order valence-corrected chi connectivity index (χ1v) is 6.12. The highest BCUT2D eigenvalue weighted by Gasteiger charge is 2.00. The van der Waals surface area contributed by atoms with Crippen molar-refractivity contribution < 1.29 is 9.47 Å². The topological polar surface area (TPSA) is 31.4 Å². The van der Waals surface area contributed by atoms with Crippen molar-refractivity contribution >= 4 is 11.6 Å². The number of alkyl halides is 1. The highest BCUT2D eigenvalue weighted by molar-refractivity contribution is 6.17. The molecule has 0 fully saturated rings. The van der Waals surface area contributed by atoms with Crippen molar-refractivity contribution in [2.75, 3.05) is 7.11 Å². The molecule has 0 N–H and O–H groups in total. The summed E-state index contributed by atoms with van der Waals surface area (Å²) in [4.78, 5) is 4.13. The standard InChI is InChI=1S/C14H14ClNO2/c1-17-13-4-2-3-12(7-13)10-18-14-8-11(9-15)5-6-16-14/h2-8H,9-10H2,1H3. The second kappa shape index (κ2) is 6.26. The third-order valence-corrected chi connectivity index (χ3v) is 2.78. The SMILES string of the molecule is COc1cccc(COc2cc(CCl)ccn2)c1. The van der Waals surface area contributed by atoms with Gasteiger partial charge in [-0.05, 0) is 29.3 Å². The van der Waals surface area contributed by atoms with Crippen LogP contribution < -0.4 is 9.47 Å². The summed E-state index contributed by atoms with van der Waals surface area (Å²) >= 11 is 5.76. The molecule has 0 bridgehead atoms. The summed E-state index contributed by atoms with van der Waals surface area (Å²) in [6.45, 7) is 0.454. The third-order valence-electron chi connectivity index (χ3n) is 2.47. The van der Waals surface area contributed by atoms with Crippen molar-refractivity contribution in [2.45, 2.75) is 12.5 Å². The molecule has 1 aromatic carbocycles. The van der Waals surface area contributed by atoms with Crippen molar-refractivity contribution in [3.05, 3.63) is 53.7 Å². The van der Waals surface area contributed by atoms with E-state index in [1.165, 1.54) is 0 Å². The Morgan fingerprint density at radius 1 is 1.17 bits per heavy atom. The lowest BCUT2D eigenvalue weighted by Crippen LogP contribution is -1.98. The molecule has 0 aliphatic rings. The number of rotatable bonds is 5. The van der Waals surface area contributed by atoms with Gasteiger partial charge in [-0.25, -0.2) is 4.98 Å². The molecule has 1 heterocycles. The average molecular weight is 264 g/mol. The lowest BCUT2D eigenvalue weighted by molar-refractivity contribution is 0.293. The molecule has 3 nitrogen and oxygen atoms in total. The molecule has 0 saturated heterocycles. The highest BCUT2D eigenvalue weighted by Crippen LogP contribution is 2.16. The van der Waals surface area contributed by atoms with Crippen molar-refractivity contribution in [2.24, 2.45) is 0 Å². The maximum absolute atomic E-state index is 5.76. The van der Waals surface area contributed by atoms with E-state index in [-0.39, 0.29) is 0 Å². The van der Waals surface area contributed by atoms with Crippen molar-refractivity contribution in [3.8, 4) is 11.6 Å². The van der Waals surface area contributed by atoms with E-state index >= 15 is 0 Å². The van der Waals surface area contributed by atoms with Crippen LogP contribution in [0.4, 0.5) is 0 Å². The van der Waals surface area contributed by atoms with E-state index < -0.39 is 0 Å². The van der Waals surface area contributed by atoms with E-state index in [0.717, 1.165) is 16.9 Å². The number of methoxy groups -OCH3 is 1. The van der Waals surface area contributed by atoms with Gasteiger partial charge in [0.05, 0.1) is 7.11 Å². The third kappa shape index (κ3) is 3.37. The van der Waals surface area contributed by atoms with Crippen LogP contribution in [-0.4, -0.2) is 12.1 Å². The fourth-order valence-electron chi connectivity index (χ4n) is 1.53. The summed E-state index contributed by atoms with van der Waals surface area (Å²) in [5, 5.41) is 0. The number of pyridine rings is 1. The molecule has 4 heteroatoms. The fourth-order valence-corrected chi connectivity index (χ4v) is 1.70. The van der Waals surface area contributed by atoms with E-state index in [0.29, 0.717) is 18.4 Å². The number of nitrogens with zero attached hydrogens (tertiary/aromatic N) is 1. The van der Waals surface area contributed by atoms with Crippen LogP contribution in [0.25, 0.3) is 0 Å². The normalized spacial score (nSPS) is 10.1. The minimum atomic E-state index is 0.454. The summed E-state index contributed by atoms with van der Waals surface area (Å²) < 4.78 is 10.8. The lowest BCUT2D eigenvalue weighted by Gasteiger charge is -2.07. The molecule has 2 rings (SSSR count). The van der Waals surface area contributed by atoms with Crippen LogP contribution in [0.15, 0.2) is 42.6 Å². The smallest absolute Gasteiger partial charge is 0.213 e. The van der Waals surface area contributed by atoms with Gasteiger partial charge >= 0.3 is 0 Å². The van der Waals surface area contributed by atoms with Gasteiger partial charge in [0.15, 0.2) is 0 Å². The average Bonchev–Trinajstić information content (AvgIpc) is 2.45. The zero-order chi connectivity index (χ0) is 12.8. The number of aromatic nitrogens is 1. The molecule has 0 radical (unpaired) electrons. The lowest BCUT2D eigenvalue weighted by atomic mass is 10.2. The first-order chi connectivity index (χ1) is 8.81. The van der Waals surface area contributed by atoms with Crippen LogP contribution in [0.3, 0.4) is 0 Å². The number of benzene rings is 1. The van der Waals surface area contributed by atoms with Gasteiger partial charge in [-0.3, -0.25) is 0 Å². The minimum absolute atomic E-state index is 0.454. The quantitative estimate of drug-likeness (QED) is 0.775. The maximum Gasteiger partial charge on any atom is 0.213 e. The Morgan fingerprint density at radius 3 is 2.83 bits per heavy atom. The predicted molar refractivity (Wildman–Crippen MR) is 71.1 cm³/mol. The van der Waals surface area contributed by atoms with Crippen LogP contribution in [0, 0.1) is 0 Å². The van der Waals surface area contributed by atoms with E-state index in [4.69, 9.17) is 21.1 Å². The molecular formula is C14H14ClNO2. The number of halogens is 1. The van der Waals surface area contributed by atoms with Gasteiger partial charge in [0.2, 0.25) is 5.88 Å². The summed E-state index contributed by atoms with van der Waals surface area (Å²) in [7, 11) is 1.64. The molecule has 0 aliphatic heterocycles. The minimum Gasteiger partial charge on any atom is -0.497 e.